The smallest absolute Gasteiger partial charge is 0.243 e. The van der Waals surface area contributed by atoms with Gasteiger partial charge in [-0.05, 0) is 43.7 Å². The first-order valence-corrected chi connectivity index (χ1v) is 11.5. The number of ether oxygens (including phenoxy) is 1. The Labute approximate surface area is 174 Å². The molecule has 0 saturated carbocycles. The van der Waals surface area contributed by atoms with E-state index in [9.17, 15) is 17.6 Å². The fourth-order valence-corrected chi connectivity index (χ4v) is 5.45. The summed E-state index contributed by atoms with van der Waals surface area (Å²) < 4.78 is 46.4. The van der Waals surface area contributed by atoms with Crippen LogP contribution in [0.3, 0.4) is 0 Å². The topological polar surface area (TPSA) is 75.7 Å². The molecule has 0 bridgehead atoms. The Morgan fingerprint density at radius 2 is 1.90 bits per heavy atom. The van der Waals surface area contributed by atoms with Crippen LogP contribution < -0.4 is 5.32 Å². The first-order chi connectivity index (χ1) is 13.8. The molecule has 2 aromatic carbocycles. The lowest BCUT2D eigenvalue weighted by Gasteiger charge is -2.27. The van der Waals surface area contributed by atoms with Gasteiger partial charge >= 0.3 is 0 Å². The predicted octanol–water partition coefficient (Wildman–Crippen LogP) is 3.27. The minimum absolute atomic E-state index is 0.159. The molecular weight excluding hydrogens is 415 g/mol. The van der Waals surface area contributed by atoms with Crippen LogP contribution >= 0.6 is 11.8 Å². The Balaban J connectivity index is 1.75. The van der Waals surface area contributed by atoms with Crippen molar-refractivity contribution in [3.63, 3.8) is 0 Å². The van der Waals surface area contributed by atoms with Gasteiger partial charge in [0.25, 0.3) is 0 Å². The molecule has 29 heavy (non-hydrogen) atoms. The lowest BCUT2D eigenvalue weighted by atomic mass is 10.2. The van der Waals surface area contributed by atoms with Gasteiger partial charge in [0, 0.05) is 23.7 Å². The zero-order chi connectivity index (χ0) is 21.0. The maximum Gasteiger partial charge on any atom is 0.243 e. The van der Waals surface area contributed by atoms with E-state index in [0.29, 0.717) is 42.4 Å². The van der Waals surface area contributed by atoms with E-state index in [1.807, 2.05) is 0 Å². The molecule has 0 aromatic heterocycles. The van der Waals surface area contributed by atoms with Crippen molar-refractivity contribution in [2.45, 2.75) is 28.9 Å². The van der Waals surface area contributed by atoms with Crippen molar-refractivity contribution >= 4 is 33.4 Å². The number of amides is 1. The van der Waals surface area contributed by atoms with E-state index in [1.165, 1.54) is 16.4 Å². The Bertz CT molecular complexity index is 992. The van der Waals surface area contributed by atoms with Gasteiger partial charge in [-0.25, -0.2) is 12.8 Å². The molecule has 1 aliphatic heterocycles. The molecule has 1 fully saturated rings. The van der Waals surface area contributed by atoms with Crippen LogP contribution in [0.2, 0.25) is 0 Å². The number of nitrogens with one attached hydrogen (secondary N) is 1. The third-order valence-electron chi connectivity index (χ3n) is 4.55. The van der Waals surface area contributed by atoms with Gasteiger partial charge in [-0.3, -0.25) is 4.79 Å². The monoisotopic (exact) mass is 438 g/mol. The minimum Gasteiger partial charge on any atom is -0.379 e. The van der Waals surface area contributed by atoms with Crippen molar-refractivity contribution in [2.75, 3.05) is 31.6 Å². The van der Waals surface area contributed by atoms with Crippen molar-refractivity contribution in [2.24, 2.45) is 0 Å². The maximum absolute atomic E-state index is 13.8. The molecule has 1 aliphatic rings. The van der Waals surface area contributed by atoms with Crippen LogP contribution in [-0.4, -0.2) is 50.2 Å². The van der Waals surface area contributed by atoms with E-state index in [0.717, 1.165) is 11.8 Å². The zero-order valence-electron chi connectivity index (χ0n) is 16.2. The van der Waals surface area contributed by atoms with Crippen LogP contribution in [0.4, 0.5) is 10.1 Å². The van der Waals surface area contributed by atoms with Crippen molar-refractivity contribution in [1.29, 1.82) is 0 Å². The van der Waals surface area contributed by atoms with Crippen LogP contribution in [0.25, 0.3) is 0 Å². The number of thioether (sulfide) groups is 1. The fourth-order valence-electron chi connectivity index (χ4n) is 2.91. The van der Waals surface area contributed by atoms with E-state index in [-0.39, 0.29) is 16.6 Å². The summed E-state index contributed by atoms with van der Waals surface area (Å²) >= 11 is 1.11. The Kier molecular flexibility index (Phi) is 6.94. The third-order valence-corrected chi connectivity index (χ3v) is 7.75. The van der Waals surface area contributed by atoms with Crippen molar-refractivity contribution in [3.8, 4) is 0 Å². The van der Waals surface area contributed by atoms with Gasteiger partial charge in [0.15, 0.2) is 0 Å². The molecule has 1 N–H and O–H groups in total. The number of halogens is 1. The molecule has 156 valence electrons. The Morgan fingerprint density at radius 3 is 2.59 bits per heavy atom. The zero-order valence-corrected chi connectivity index (χ0v) is 17.9. The number of anilines is 1. The molecule has 6 nitrogen and oxygen atoms in total. The van der Waals surface area contributed by atoms with E-state index in [2.05, 4.69) is 5.32 Å². The lowest BCUT2D eigenvalue weighted by molar-refractivity contribution is -0.115. The maximum atomic E-state index is 13.8. The third kappa shape index (κ3) is 5.16. The lowest BCUT2D eigenvalue weighted by Crippen LogP contribution is -2.40. The molecule has 2 aromatic rings. The van der Waals surface area contributed by atoms with Crippen LogP contribution in [0.5, 0.6) is 0 Å². The summed E-state index contributed by atoms with van der Waals surface area (Å²) in [4.78, 5) is 13.1. The molecule has 0 spiro atoms. The van der Waals surface area contributed by atoms with E-state index in [1.54, 1.807) is 44.2 Å². The van der Waals surface area contributed by atoms with Crippen LogP contribution in [0.1, 0.15) is 12.5 Å². The van der Waals surface area contributed by atoms with Crippen LogP contribution in [-0.2, 0) is 19.6 Å². The SMILES string of the molecule is Cc1ccc(NC(=O)C(C)Sc2ccccc2F)cc1S(=O)(=O)N1CCOCC1. The quantitative estimate of drug-likeness (QED) is 0.701. The minimum atomic E-state index is -3.68. The van der Waals surface area contributed by atoms with E-state index >= 15 is 0 Å². The second-order valence-corrected chi connectivity index (χ2v) is 9.97. The average molecular weight is 439 g/mol. The molecule has 1 saturated heterocycles. The van der Waals surface area contributed by atoms with E-state index in [4.69, 9.17) is 4.74 Å². The predicted molar refractivity (Wildman–Crippen MR) is 111 cm³/mol. The number of sulfonamides is 1. The molecule has 0 radical (unpaired) electrons. The summed E-state index contributed by atoms with van der Waals surface area (Å²) in [5.41, 5.74) is 0.983. The highest BCUT2D eigenvalue weighted by atomic mass is 32.2. The molecule has 1 heterocycles. The number of carbonyl (C=O) groups excluding carboxylic acids is 1. The molecule has 3 rings (SSSR count). The first-order valence-electron chi connectivity index (χ1n) is 9.19. The van der Waals surface area contributed by atoms with Crippen molar-refractivity contribution in [1.82, 2.24) is 4.31 Å². The number of benzene rings is 2. The Morgan fingerprint density at radius 1 is 1.21 bits per heavy atom. The molecule has 9 heteroatoms. The largest absolute Gasteiger partial charge is 0.379 e. The molecule has 0 aliphatic carbocycles. The summed E-state index contributed by atoms with van der Waals surface area (Å²) in [6.45, 7) is 4.71. The number of rotatable bonds is 6. The van der Waals surface area contributed by atoms with Gasteiger partial charge in [0.2, 0.25) is 15.9 Å². The average Bonchev–Trinajstić information content (AvgIpc) is 2.71. The second-order valence-electron chi connectivity index (χ2n) is 6.68. The number of morpholine rings is 1. The fraction of sp³-hybridized carbons (Fsp3) is 0.350. The number of hydrogen-bond donors (Lipinski definition) is 1. The summed E-state index contributed by atoms with van der Waals surface area (Å²) in [6.07, 6.45) is 0. The first kappa shape index (κ1) is 21.8. The standard InChI is InChI=1S/C20H23FN2O4S2/c1-14-7-8-16(13-19(14)29(25,26)23-9-11-27-12-10-23)22-20(24)15(2)28-18-6-4-3-5-17(18)21/h3-8,13,15H,9-12H2,1-2H3,(H,22,24). The highest BCUT2D eigenvalue weighted by Gasteiger charge is 2.28. The van der Waals surface area contributed by atoms with E-state index < -0.39 is 15.3 Å². The van der Waals surface area contributed by atoms with Gasteiger partial charge in [-0.1, -0.05) is 18.2 Å². The van der Waals surface area contributed by atoms with Gasteiger partial charge in [0.05, 0.1) is 23.4 Å². The number of aryl methyl sites for hydroxylation is 1. The summed E-state index contributed by atoms with van der Waals surface area (Å²) in [7, 11) is -3.68. The van der Waals surface area contributed by atoms with Crippen molar-refractivity contribution < 1.29 is 22.3 Å². The van der Waals surface area contributed by atoms with Crippen LogP contribution in [0.15, 0.2) is 52.3 Å². The molecule has 1 atom stereocenters. The van der Waals surface area contributed by atoms with Gasteiger partial charge < -0.3 is 10.1 Å². The van der Waals surface area contributed by atoms with Crippen molar-refractivity contribution in [3.05, 3.63) is 53.8 Å². The molecular formula is C20H23FN2O4S2. The number of nitrogens with zero attached hydrogens (tertiary/aromatic N) is 1. The summed E-state index contributed by atoms with van der Waals surface area (Å²) in [5, 5.41) is 2.17. The summed E-state index contributed by atoms with van der Waals surface area (Å²) in [6, 6.07) is 11.0. The molecule has 1 unspecified atom stereocenters. The highest BCUT2D eigenvalue weighted by Crippen LogP contribution is 2.28. The highest BCUT2D eigenvalue weighted by molar-refractivity contribution is 8.00. The Hall–Kier alpha value is -1.94. The number of carbonyl (C=O) groups is 1. The van der Waals surface area contributed by atoms with Gasteiger partial charge in [-0.15, -0.1) is 11.8 Å². The van der Waals surface area contributed by atoms with Gasteiger partial charge in [-0.2, -0.15) is 4.31 Å². The van der Waals surface area contributed by atoms with Gasteiger partial charge in [0.1, 0.15) is 5.82 Å². The van der Waals surface area contributed by atoms with Crippen LogP contribution in [0, 0.1) is 12.7 Å². The molecule has 1 amide bonds. The second kappa shape index (κ2) is 9.25. The normalized spacial score (nSPS) is 16.4. The summed E-state index contributed by atoms with van der Waals surface area (Å²) in [5.74, 6) is -0.719. The number of hydrogen-bond acceptors (Lipinski definition) is 5.